The number of hydrogen-bond donors (Lipinski definition) is 1. The Kier molecular flexibility index (Phi) is 3.98. The zero-order valence-electron chi connectivity index (χ0n) is 7.82. The highest BCUT2D eigenvalue weighted by atomic mass is 16.7. The summed E-state index contributed by atoms with van der Waals surface area (Å²) in [5.41, 5.74) is 0. The van der Waals surface area contributed by atoms with Gasteiger partial charge in [0, 0.05) is 6.61 Å². The van der Waals surface area contributed by atoms with Gasteiger partial charge in [-0.1, -0.05) is 0 Å². The maximum atomic E-state index is 9.28. The van der Waals surface area contributed by atoms with E-state index in [9.17, 15) is 5.11 Å². The number of aliphatic hydroxyl groups excluding tert-OH is 1. The van der Waals surface area contributed by atoms with Crippen LogP contribution in [0.4, 0.5) is 0 Å². The highest BCUT2D eigenvalue weighted by molar-refractivity contribution is 4.70. The van der Waals surface area contributed by atoms with Crippen molar-refractivity contribution in [1.29, 1.82) is 0 Å². The Bertz CT molecular complexity index is 123. The van der Waals surface area contributed by atoms with Crippen LogP contribution in [0.15, 0.2) is 0 Å². The number of hydrogen-bond acceptors (Lipinski definition) is 3. The van der Waals surface area contributed by atoms with Gasteiger partial charge in [0.15, 0.2) is 6.29 Å². The lowest BCUT2D eigenvalue weighted by molar-refractivity contribution is -0.210. The SMILES string of the molecule is CCOC1CCCC(C(C)O)O1. The van der Waals surface area contributed by atoms with Gasteiger partial charge in [-0.25, -0.2) is 0 Å². The summed E-state index contributed by atoms with van der Waals surface area (Å²) in [6.07, 6.45) is 2.48. The predicted molar refractivity (Wildman–Crippen MR) is 45.8 cm³/mol. The second-order valence-corrected chi connectivity index (χ2v) is 3.23. The smallest absolute Gasteiger partial charge is 0.158 e. The topological polar surface area (TPSA) is 38.7 Å². The molecule has 1 heterocycles. The summed E-state index contributed by atoms with van der Waals surface area (Å²) in [4.78, 5) is 0. The van der Waals surface area contributed by atoms with E-state index >= 15 is 0 Å². The Morgan fingerprint density at radius 1 is 1.58 bits per heavy atom. The van der Waals surface area contributed by atoms with E-state index in [4.69, 9.17) is 9.47 Å². The van der Waals surface area contributed by atoms with Crippen molar-refractivity contribution in [2.24, 2.45) is 0 Å². The second kappa shape index (κ2) is 4.80. The molecule has 3 heteroatoms. The van der Waals surface area contributed by atoms with E-state index in [-0.39, 0.29) is 18.5 Å². The van der Waals surface area contributed by atoms with Gasteiger partial charge in [0.25, 0.3) is 0 Å². The van der Waals surface area contributed by atoms with Gasteiger partial charge in [-0.3, -0.25) is 0 Å². The minimum absolute atomic E-state index is 0.0321. The van der Waals surface area contributed by atoms with Crippen molar-refractivity contribution in [1.82, 2.24) is 0 Å². The van der Waals surface area contributed by atoms with Crippen LogP contribution in [0, 0.1) is 0 Å². The van der Waals surface area contributed by atoms with Gasteiger partial charge >= 0.3 is 0 Å². The fraction of sp³-hybridized carbons (Fsp3) is 1.00. The molecule has 1 fully saturated rings. The van der Waals surface area contributed by atoms with E-state index in [2.05, 4.69) is 0 Å². The van der Waals surface area contributed by atoms with Gasteiger partial charge < -0.3 is 14.6 Å². The van der Waals surface area contributed by atoms with E-state index in [1.807, 2.05) is 6.92 Å². The summed E-state index contributed by atoms with van der Waals surface area (Å²) >= 11 is 0. The first kappa shape index (κ1) is 9.96. The van der Waals surface area contributed by atoms with Gasteiger partial charge in [0.05, 0.1) is 12.2 Å². The fourth-order valence-corrected chi connectivity index (χ4v) is 1.48. The summed E-state index contributed by atoms with van der Waals surface area (Å²) in [5, 5.41) is 9.28. The maximum absolute atomic E-state index is 9.28. The molecule has 0 aromatic heterocycles. The van der Waals surface area contributed by atoms with Crippen LogP contribution < -0.4 is 0 Å². The molecule has 3 atom stereocenters. The minimum Gasteiger partial charge on any atom is -0.391 e. The number of ether oxygens (including phenoxy) is 2. The van der Waals surface area contributed by atoms with Crippen LogP contribution in [0.5, 0.6) is 0 Å². The van der Waals surface area contributed by atoms with Crippen LogP contribution in [0.3, 0.4) is 0 Å². The fourth-order valence-electron chi connectivity index (χ4n) is 1.48. The normalized spacial score (nSPS) is 33.2. The van der Waals surface area contributed by atoms with E-state index in [0.29, 0.717) is 6.61 Å². The summed E-state index contributed by atoms with van der Waals surface area (Å²) in [6, 6.07) is 0. The molecule has 0 amide bonds. The molecule has 1 aliphatic rings. The van der Waals surface area contributed by atoms with E-state index in [1.165, 1.54) is 0 Å². The summed E-state index contributed by atoms with van der Waals surface area (Å²) in [6.45, 7) is 4.39. The van der Waals surface area contributed by atoms with Crippen LogP contribution in [-0.4, -0.2) is 30.2 Å². The monoisotopic (exact) mass is 174 g/mol. The molecule has 12 heavy (non-hydrogen) atoms. The maximum Gasteiger partial charge on any atom is 0.158 e. The van der Waals surface area contributed by atoms with E-state index < -0.39 is 0 Å². The molecular formula is C9H18O3. The standard InChI is InChI=1S/C9H18O3/c1-3-11-9-6-4-5-8(12-9)7(2)10/h7-10H,3-6H2,1-2H3. The van der Waals surface area contributed by atoms with Gasteiger partial charge in [-0.15, -0.1) is 0 Å². The first-order valence-corrected chi connectivity index (χ1v) is 4.69. The largest absolute Gasteiger partial charge is 0.391 e. The molecule has 0 aromatic rings. The zero-order chi connectivity index (χ0) is 8.97. The molecule has 3 unspecified atom stereocenters. The average Bonchev–Trinajstić information content (AvgIpc) is 2.05. The van der Waals surface area contributed by atoms with Crippen molar-refractivity contribution in [2.45, 2.75) is 51.6 Å². The zero-order valence-corrected chi connectivity index (χ0v) is 7.82. The molecule has 0 bridgehead atoms. The van der Waals surface area contributed by atoms with Crippen molar-refractivity contribution >= 4 is 0 Å². The van der Waals surface area contributed by atoms with Gasteiger partial charge in [-0.05, 0) is 33.1 Å². The molecular weight excluding hydrogens is 156 g/mol. The second-order valence-electron chi connectivity index (χ2n) is 3.23. The van der Waals surface area contributed by atoms with Crippen LogP contribution in [-0.2, 0) is 9.47 Å². The van der Waals surface area contributed by atoms with Crippen LogP contribution in [0.2, 0.25) is 0 Å². The molecule has 1 rings (SSSR count). The Hall–Kier alpha value is -0.120. The molecule has 0 aromatic carbocycles. The first-order valence-electron chi connectivity index (χ1n) is 4.69. The van der Waals surface area contributed by atoms with Gasteiger partial charge in [-0.2, -0.15) is 0 Å². The van der Waals surface area contributed by atoms with E-state index in [0.717, 1.165) is 19.3 Å². The Morgan fingerprint density at radius 2 is 2.33 bits per heavy atom. The summed E-state index contributed by atoms with van der Waals surface area (Å²) in [7, 11) is 0. The molecule has 1 N–H and O–H groups in total. The highest BCUT2D eigenvalue weighted by Crippen LogP contribution is 2.21. The lowest BCUT2D eigenvalue weighted by atomic mass is 10.0. The van der Waals surface area contributed by atoms with Gasteiger partial charge in [0.1, 0.15) is 0 Å². The third kappa shape index (κ3) is 2.73. The van der Waals surface area contributed by atoms with E-state index in [1.54, 1.807) is 6.92 Å². The van der Waals surface area contributed by atoms with Crippen molar-refractivity contribution in [3.05, 3.63) is 0 Å². The van der Waals surface area contributed by atoms with Crippen LogP contribution in [0.1, 0.15) is 33.1 Å². The van der Waals surface area contributed by atoms with Crippen molar-refractivity contribution < 1.29 is 14.6 Å². The molecule has 1 saturated heterocycles. The predicted octanol–water partition coefficient (Wildman–Crippen LogP) is 1.30. The molecule has 1 aliphatic heterocycles. The Balaban J connectivity index is 2.30. The number of aliphatic hydroxyl groups is 1. The molecule has 72 valence electrons. The Labute approximate surface area is 73.7 Å². The lowest BCUT2D eigenvalue weighted by Crippen LogP contribution is -2.36. The quantitative estimate of drug-likeness (QED) is 0.701. The lowest BCUT2D eigenvalue weighted by Gasteiger charge is -2.31. The van der Waals surface area contributed by atoms with Crippen LogP contribution in [0.25, 0.3) is 0 Å². The molecule has 0 spiro atoms. The summed E-state index contributed by atoms with van der Waals surface area (Å²) in [5.74, 6) is 0. The van der Waals surface area contributed by atoms with Crippen molar-refractivity contribution in [3.8, 4) is 0 Å². The Morgan fingerprint density at radius 3 is 2.92 bits per heavy atom. The minimum atomic E-state index is -0.381. The van der Waals surface area contributed by atoms with Crippen molar-refractivity contribution in [2.75, 3.05) is 6.61 Å². The molecule has 0 saturated carbocycles. The first-order chi connectivity index (χ1) is 5.74. The third-order valence-corrected chi connectivity index (χ3v) is 2.15. The molecule has 3 nitrogen and oxygen atoms in total. The number of rotatable bonds is 3. The highest BCUT2D eigenvalue weighted by Gasteiger charge is 2.25. The third-order valence-electron chi connectivity index (χ3n) is 2.15. The molecule has 0 radical (unpaired) electrons. The molecule has 0 aliphatic carbocycles. The van der Waals surface area contributed by atoms with Crippen molar-refractivity contribution in [3.63, 3.8) is 0 Å². The summed E-state index contributed by atoms with van der Waals surface area (Å²) < 4.78 is 10.8. The van der Waals surface area contributed by atoms with Crippen LogP contribution >= 0.6 is 0 Å². The average molecular weight is 174 g/mol. The van der Waals surface area contributed by atoms with Gasteiger partial charge in [0.2, 0.25) is 0 Å².